The molecule has 0 N–H and O–H groups in total. The molecule has 3 rings (SSSR count). The van der Waals surface area contributed by atoms with Crippen molar-refractivity contribution in [2.45, 2.75) is 60.4 Å². The lowest BCUT2D eigenvalue weighted by molar-refractivity contribution is 0.112. The average molecular weight is 364 g/mol. The zero-order chi connectivity index (χ0) is 19.7. The van der Waals surface area contributed by atoms with Crippen LogP contribution in [0.4, 0.5) is 0 Å². The minimum Gasteiger partial charge on any atom is -0.438 e. The van der Waals surface area contributed by atoms with Crippen molar-refractivity contribution in [3.8, 4) is 11.6 Å². The molecular weight excluding hydrogens is 336 g/mol. The van der Waals surface area contributed by atoms with Crippen LogP contribution in [0.2, 0.25) is 0 Å². The number of hydrogen-bond acceptors (Lipinski definition) is 3. The Labute approximate surface area is 161 Å². The van der Waals surface area contributed by atoms with Gasteiger partial charge >= 0.3 is 0 Å². The van der Waals surface area contributed by atoms with Gasteiger partial charge < -0.3 is 9.30 Å². The highest BCUT2D eigenvalue weighted by atomic mass is 16.5. The Morgan fingerprint density at radius 1 is 1.04 bits per heavy atom. The number of ether oxygens (including phenoxy) is 1. The minimum atomic E-state index is 0.464. The molecule has 0 unspecified atom stereocenters. The maximum atomic E-state index is 11.1. The largest absolute Gasteiger partial charge is 0.438 e. The summed E-state index contributed by atoms with van der Waals surface area (Å²) >= 11 is 0. The van der Waals surface area contributed by atoms with E-state index in [9.17, 15) is 4.79 Å². The molecule has 0 aliphatic carbocycles. The highest BCUT2D eigenvalue weighted by Gasteiger charge is 2.19. The van der Waals surface area contributed by atoms with Crippen molar-refractivity contribution in [3.05, 3.63) is 52.3 Å². The Morgan fingerprint density at radius 2 is 1.67 bits per heavy atom. The predicted molar refractivity (Wildman–Crippen MR) is 110 cm³/mol. The quantitative estimate of drug-likeness (QED) is 0.487. The van der Waals surface area contributed by atoms with Crippen molar-refractivity contribution in [2.75, 3.05) is 0 Å². The molecule has 2 aromatic heterocycles. The molecular formula is C23H28N2O2. The lowest BCUT2D eigenvalue weighted by Crippen LogP contribution is -2.05. The molecule has 3 aromatic rings. The monoisotopic (exact) mass is 364 g/mol. The van der Waals surface area contributed by atoms with E-state index >= 15 is 0 Å². The van der Waals surface area contributed by atoms with Crippen LogP contribution in [0.15, 0.2) is 24.4 Å². The van der Waals surface area contributed by atoms with Crippen molar-refractivity contribution in [1.29, 1.82) is 0 Å². The van der Waals surface area contributed by atoms with E-state index in [-0.39, 0.29) is 0 Å². The van der Waals surface area contributed by atoms with Crippen LogP contribution in [0.5, 0.6) is 11.6 Å². The molecule has 0 fully saturated rings. The maximum absolute atomic E-state index is 11.1. The van der Waals surface area contributed by atoms with Gasteiger partial charge in [-0.3, -0.25) is 4.79 Å². The standard InChI is InChI=1S/C23H28N2O2/c1-7-19(8-2)25-12-16(5)21-20(25)11-17(6)24-23(21)27-22-14(3)9-18(13-26)10-15(22)4/h9-13,19H,7-8H2,1-6H3. The van der Waals surface area contributed by atoms with E-state index in [1.807, 2.05) is 32.9 Å². The second kappa shape index (κ2) is 7.55. The van der Waals surface area contributed by atoms with Crippen LogP contribution >= 0.6 is 0 Å². The van der Waals surface area contributed by atoms with E-state index in [4.69, 9.17) is 9.72 Å². The fourth-order valence-corrected chi connectivity index (χ4v) is 3.91. The molecule has 0 radical (unpaired) electrons. The molecule has 0 aliphatic rings. The molecule has 0 amide bonds. The van der Waals surface area contributed by atoms with Gasteiger partial charge in [-0.15, -0.1) is 0 Å². The SMILES string of the molecule is CCC(CC)n1cc(C)c2c(Oc3c(C)cc(C=O)cc3C)nc(C)cc21. The zero-order valence-corrected chi connectivity index (χ0v) is 17.1. The summed E-state index contributed by atoms with van der Waals surface area (Å²) in [5, 5.41) is 1.06. The van der Waals surface area contributed by atoms with Crippen LogP contribution in [-0.2, 0) is 0 Å². The predicted octanol–water partition coefficient (Wildman–Crippen LogP) is 6.24. The van der Waals surface area contributed by atoms with E-state index in [0.29, 0.717) is 17.5 Å². The fraction of sp³-hybridized carbons (Fsp3) is 0.391. The van der Waals surface area contributed by atoms with E-state index in [1.54, 1.807) is 0 Å². The second-order valence-corrected chi connectivity index (χ2v) is 7.36. The van der Waals surface area contributed by atoms with Crippen molar-refractivity contribution in [2.24, 2.45) is 0 Å². The summed E-state index contributed by atoms with van der Waals surface area (Å²) in [6.45, 7) is 12.5. The molecule has 142 valence electrons. The number of aromatic nitrogens is 2. The molecule has 1 aromatic carbocycles. The molecule has 0 aliphatic heterocycles. The third-order valence-electron chi connectivity index (χ3n) is 5.25. The minimum absolute atomic E-state index is 0.464. The number of rotatable bonds is 6. The van der Waals surface area contributed by atoms with Crippen molar-refractivity contribution < 1.29 is 9.53 Å². The molecule has 4 heteroatoms. The number of aryl methyl sites for hydroxylation is 4. The highest BCUT2D eigenvalue weighted by Crippen LogP contribution is 2.37. The number of pyridine rings is 1. The van der Waals surface area contributed by atoms with Crippen LogP contribution in [0.25, 0.3) is 10.9 Å². The third kappa shape index (κ3) is 3.48. The molecule has 0 saturated heterocycles. The van der Waals surface area contributed by atoms with Crippen LogP contribution in [0.1, 0.15) is 65.5 Å². The second-order valence-electron chi connectivity index (χ2n) is 7.36. The Hall–Kier alpha value is -2.62. The number of aldehydes is 1. The van der Waals surface area contributed by atoms with E-state index in [1.165, 1.54) is 11.1 Å². The van der Waals surface area contributed by atoms with Gasteiger partial charge in [0.1, 0.15) is 12.0 Å². The van der Waals surface area contributed by atoms with Crippen LogP contribution in [-0.4, -0.2) is 15.8 Å². The first-order valence-electron chi connectivity index (χ1n) is 9.62. The van der Waals surface area contributed by atoms with Gasteiger partial charge in [0, 0.05) is 23.5 Å². The van der Waals surface area contributed by atoms with Gasteiger partial charge in [0.15, 0.2) is 0 Å². The summed E-state index contributed by atoms with van der Waals surface area (Å²) < 4.78 is 8.70. The fourth-order valence-electron chi connectivity index (χ4n) is 3.91. The van der Waals surface area contributed by atoms with Crippen molar-refractivity contribution >= 4 is 17.2 Å². The third-order valence-corrected chi connectivity index (χ3v) is 5.25. The van der Waals surface area contributed by atoms with Gasteiger partial charge in [-0.2, -0.15) is 0 Å². The molecule has 0 atom stereocenters. The summed E-state index contributed by atoms with van der Waals surface area (Å²) in [5.41, 5.74) is 5.80. The normalized spacial score (nSPS) is 11.4. The summed E-state index contributed by atoms with van der Waals surface area (Å²) in [5.74, 6) is 1.41. The molecule has 27 heavy (non-hydrogen) atoms. The Bertz CT molecular complexity index is 974. The lowest BCUT2D eigenvalue weighted by atomic mass is 10.1. The first-order chi connectivity index (χ1) is 12.9. The van der Waals surface area contributed by atoms with E-state index < -0.39 is 0 Å². The number of fused-ring (bicyclic) bond motifs is 1. The van der Waals surface area contributed by atoms with Crippen LogP contribution in [0.3, 0.4) is 0 Å². The number of carbonyl (C=O) groups is 1. The summed E-state index contributed by atoms with van der Waals surface area (Å²) in [6, 6.07) is 6.31. The average Bonchev–Trinajstić information content (AvgIpc) is 2.95. The Kier molecular flexibility index (Phi) is 5.36. The van der Waals surface area contributed by atoms with Gasteiger partial charge in [-0.25, -0.2) is 4.98 Å². The topological polar surface area (TPSA) is 44.1 Å². The zero-order valence-electron chi connectivity index (χ0n) is 17.1. The lowest BCUT2D eigenvalue weighted by Gasteiger charge is -2.17. The smallest absolute Gasteiger partial charge is 0.229 e. The molecule has 2 heterocycles. The van der Waals surface area contributed by atoms with Gasteiger partial charge in [-0.05, 0) is 75.4 Å². The van der Waals surface area contributed by atoms with Crippen molar-refractivity contribution in [1.82, 2.24) is 9.55 Å². The summed E-state index contributed by atoms with van der Waals surface area (Å²) in [4.78, 5) is 15.8. The van der Waals surface area contributed by atoms with Crippen LogP contribution in [0, 0.1) is 27.7 Å². The number of carbonyl (C=O) groups excluding carboxylic acids is 1. The van der Waals surface area contributed by atoms with E-state index in [0.717, 1.165) is 47.1 Å². The molecule has 0 bridgehead atoms. The first-order valence-corrected chi connectivity index (χ1v) is 9.62. The summed E-state index contributed by atoms with van der Waals surface area (Å²) in [6.07, 6.45) is 5.25. The van der Waals surface area contributed by atoms with Crippen molar-refractivity contribution in [3.63, 3.8) is 0 Å². The van der Waals surface area contributed by atoms with Gasteiger partial charge in [0.05, 0.1) is 10.9 Å². The number of nitrogens with zero attached hydrogens (tertiary/aromatic N) is 2. The van der Waals surface area contributed by atoms with Gasteiger partial charge in [0.25, 0.3) is 0 Å². The Morgan fingerprint density at radius 3 is 2.22 bits per heavy atom. The van der Waals surface area contributed by atoms with Gasteiger partial charge in [-0.1, -0.05) is 13.8 Å². The summed E-state index contributed by atoms with van der Waals surface area (Å²) in [7, 11) is 0. The van der Waals surface area contributed by atoms with Gasteiger partial charge in [0.2, 0.25) is 5.88 Å². The first kappa shape index (κ1) is 19.2. The van der Waals surface area contributed by atoms with Crippen LogP contribution < -0.4 is 4.74 Å². The molecule has 0 spiro atoms. The van der Waals surface area contributed by atoms with E-state index in [2.05, 4.69) is 37.6 Å². The Balaban J connectivity index is 2.17. The highest BCUT2D eigenvalue weighted by molar-refractivity contribution is 5.89. The molecule has 4 nitrogen and oxygen atoms in total. The number of hydrogen-bond donors (Lipinski definition) is 0. The maximum Gasteiger partial charge on any atom is 0.229 e. The molecule has 0 saturated carbocycles. The number of benzene rings is 1.